The van der Waals surface area contributed by atoms with Crippen molar-refractivity contribution < 1.29 is 14.0 Å². The average molecular weight is 278 g/mol. The third-order valence-corrected chi connectivity index (χ3v) is 3.35. The molecule has 1 aromatic heterocycles. The molecule has 0 aliphatic carbocycles. The standard InChI is InChI=1S/C15H22N2O3/c1-11(2)16-9-12-7-8-13(20-12)10-17-14(18)5-3-4-6-15(17)19/h7-8,11,16H,3-6,9-10H2,1-2H3. The van der Waals surface area contributed by atoms with Gasteiger partial charge in [0.25, 0.3) is 0 Å². The molecule has 1 N–H and O–H groups in total. The van der Waals surface area contributed by atoms with Gasteiger partial charge < -0.3 is 9.73 Å². The van der Waals surface area contributed by atoms with Crippen LogP contribution in [-0.2, 0) is 22.7 Å². The highest BCUT2D eigenvalue weighted by Gasteiger charge is 2.25. The summed E-state index contributed by atoms with van der Waals surface area (Å²) in [5.41, 5.74) is 0. The topological polar surface area (TPSA) is 62.6 Å². The Bertz CT molecular complexity index is 461. The smallest absolute Gasteiger partial charge is 0.229 e. The van der Waals surface area contributed by atoms with Crippen LogP contribution in [0.1, 0.15) is 51.1 Å². The second kappa shape index (κ2) is 6.70. The molecule has 5 heteroatoms. The van der Waals surface area contributed by atoms with E-state index in [0.717, 1.165) is 18.6 Å². The van der Waals surface area contributed by atoms with E-state index in [-0.39, 0.29) is 18.4 Å². The second-order valence-electron chi connectivity index (χ2n) is 5.48. The summed E-state index contributed by atoms with van der Waals surface area (Å²) in [5.74, 6) is 1.30. The van der Waals surface area contributed by atoms with Gasteiger partial charge in [0.2, 0.25) is 11.8 Å². The summed E-state index contributed by atoms with van der Waals surface area (Å²) in [6.45, 7) is 5.04. The van der Waals surface area contributed by atoms with Gasteiger partial charge in [0.05, 0.1) is 13.1 Å². The number of likely N-dealkylation sites (tertiary alicyclic amines) is 1. The van der Waals surface area contributed by atoms with Gasteiger partial charge >= 0.3 is 0 Å². The first kappa shape index (κ1) is 14.8. The van der Waals surface area contributed by atoms with E-state index in [1.165, 1.54) is 4.90 Å². The lowest BCUT2D eigenvalue weighted by Crippen LogP contribution is -2.34. The summed E-state index contributed by atoms with van der Waals surface area (Å²) in [7, 11) is 0. The third kappa shape index (κ3) is 3.93. The summed E-state index contributed by atoms with van der Waals surface area (Å²) < 4.78 is 5.67. The second-order valence-corrected chi connectivity index (χ2v) is 5.48. The van der Waals surface area contributed by atoms with Crippen molar-refractivity contribution in [2.24, 2.45) is 0 Å². The van der Waals surface area contributed by atoms with E-state index in [0.29, 0.717) is 31.2 Å². The molecule has 110 valence electrons. The van der Waals surface area contributed by atoms with E-state index in [1.54, 1.807) is 0 Å². The van der Waals surface area contributed by atoms with Crippen LogP contribution >= 0.6 is 0 Å². The predicted molar refractivity (Wildman–Crippen MR) is 74.7 cm³/mol. The molecule has 0 atom stereocenters. The first-order valence-electron chi connectivity index (χ1n) is 7.20. The van der Waals surface area contributed by atoms with Crippen molar-refractivity contribution in [2.45, 2.75) is 58.7 Å². The zero-order chi connectivity index (χ0) is 14.5. The summed E-state index contributed by atoms with van der Waals surface area (Å²) >= 11 is 0. The molecule has 2 heterocycles. The van der Waals surface area contributed by atoms with Gasteiger partial charge in [-0.15, -0.1) is 0 Å². The highest BCUT2D eigenvalue weighted by molar-refractivity contribution is 5.95. The van der Waals surface area contributed by atoms with Crippen molar-refractivity contribution in [1.82, 2.24) is 10.2 Å². The van der Waals surface area contributed by atoms with Crippen LogP contribution in [0.2, 0.25) is 0 Å². The van der Waals surface area contributed by atoms with E-state index in [4.69, 9.17) is 4.42 Å². The average Bonchev–Trinajstić information content (AvgIpc) is 2.79. The summed E-state index contributed by atoms with van der Waals surface area (Å²) in [6, 6.07) is 4.11. The van der Waals surface area contributed by atoms with Crippen molar-refractivity contribution >= 4 is 11.8 Å². The molecule has 0 saturated carbocycles. The van der Waals surface area contributed by atoms with E-state index in [9.17, 15) is 9.59 Å². The first-order valence-corrected chi connectivity index (χ1v) is 7.20. The molecule has 0 unspecified atom stereocenters. The van der Waals surface area contributed by atoms with E-state index < -0.39 is 0 Å². The fourth-order valence-electron chi connectivity index (χ4n) is 2.20. The maximum Gasteiger partial charge on any atom is 0.229 e. The lowest BCUT2D eigenvalue weighted by atomic mass is 10.2. The van der Waals surface area contributed by atoms with Crippen LogP contribution in [-0.4, -0.2) is 22.8 Å². The predicted octanol–water partition coefficient (Wildman–Crippen LogP) is 2.21. The number of rotatable bonds is 5. The molecule has 5 nitrogen and oxygen atoms in total. The van der Waals surface area contributed by atoms with E-state index in [2.05, 4.69) is 19.2 Å². The first-order chi connectivity index (χ1) is 9.56. The maximum atomic E-state index is 11.9. The van der Waals surface area contributed by atoms with Crippen molar-refractivity contribution in [3.8, 4) is 0 Å². The summed E-state index contributed by atoms with van der Waals surface area (Å²) in [5, 5.41) is 3.27. The number of nitrogens with one attached hydrogen (secondary N) is 1. The van der Waals surface area contributed by atoms with Crippen molar-refractivity contribution in [3.63, 3.8) is 0 Å². The summed E-state index contributed by atoms with van der Waals surface area (Å²) in [4.78, 5) is 25.1. The van der Waals surface area contributed by atoms with E-state index in [1.807, 2.05) is 12.1 Å². The highest BCUT2D eigenvalue weighted by atomic mass is 16.3. The van der Waals surface area contributed by atoms with Gasteiger partial charge in [-0.2, -0.15) is 0 Å². The Kier molecular flexibility index (Phi) is 4.95. The van der Waals surface area contributed by atoms with Crippen LogP contribution in [0, 0.1) is 0 Å². The molecule has 1 fully saturated rings. The zero-order valence-corrected chi connectivity index (χ0v) is 12.1. The normalized spacial score (nSPS) is 16.9. The Morgan fingerprint density at radius 2 is 1.75 bits per heavy atom. The van der Waals surface area contributed by atoms with Crippen LogP contribution in [0.3, 0.4) is 0 Å². The SMILES string of the molecule is CC(C)NCc1ccc(CN2C(=O)CCCCC2=O)o1. The number of furan rings is 1. The quantitative estimate of drug-likeness (QED) is 0.839. The van der Waals surface area contributed by atoms with E-state index >= 15 is 0 Å². The van der Waals surface area contributed by atoms with Gasteiger partial charge in [-0.1, -0.05) is 13.8 Å². The Morgan fingerprint density at radius 3 is 2.35 bits per heavy atom. The minimum atomic E-state index is -0.0919. The number of hydrogen-bond acceptors (Lipinski definition) is 4. The molecule has 1 aliphatic heterocycles. The molecule has 1 aromatic rings. The molecule has 0 radical (unpaired) electrons. The number of carbonyl (C=O) groups is 2. The molecule has 0 bridgehead atoms. The Morgan fingerprint density at radius 1 is 1.15 bits per heavy atom. The zero-order valence-electron chi connectivity index (χ0n) is 12.1. The van der Waals surface area contributed by atoms with Crippen molar-refractivity contribution in [1.29, 1.82) is 0 Å². The Hall–Kier alpha value is -1.62. The molecular weight excluding hydrogens is 256 g/mol. The number of carbonyl (C=O) groups excluding carboxylic acids is 2. The van der Waals surface area contributed by atoms with Crippen LogP contribution in [0.15, 0.2) is 16.5 Å². The minimum absolute atomic E-state index is 0.0919. The number of imide groups is 1. The summed E-state index contributed by atoms with van der Waals surface area (Å²) in [6.07, 6.45) is 2.49. The van der Waals surface area contributed by atoms with Gasteiger partial charge in [0, 0.05) is 18.9 Å². The molecule has 0 aromatic carbocycles. The molecule has 2 amide bonds. The highest BCUT2D eigenvalue weighted by Crippen LogP contribution is 2.17. The largest absolute Gasteiger partial charge is 0.463 e. The van der Waals surface area contributed by atoms with Crippen LogP contribution < -0.4 is 5.32 Å². The van der Waals surface area contributed by atoms with Gasteiger partial charge in [0.1, 0.15) is 11.5 Å². The fourth-order valence-corrected chi connectivity index (χ4v) is 2.20. The monoisotopic (exact) mass is 278 g/mol. The van der Waals surface area contributed by atoms with Crippen LogP contribution in [0.25, 0.3) is 0 Å². The lowest BCUT2D eigenvalue weighted by molar-refractivity contribution is -0.144. The van der Waals surface area contributed by atoms with Crippen LogP contribution in [0.4, 0.5) is 0 Å². The number of nitrogens with zero attached hydrogens (tertiary/aromatic N) is 1. The molecule has 2 rings (SSSR count). The molecule has 1 aliphatic rings. The molecule has 20 heavy (non-hydrogen) atoms. The number of hydrogen-bond donors (Lipinski definition) is 1. The fraction of sp³-hybridized carbons (Fsp3) is 0.600. The lowest BCUT2D eigenvalue weighted by Gasteiger charge is -2.17. The van der Waals surface area contributed by atoms with Crippen LogP contribution in [0.5, 0.6) is 0 Å². The Balaban J connectivity index is 1.98. The number of amides is 2. The Labute approximate surface area is 119 Å². The molecule has 1 saturated heterocycles. The molecule has 0 spiro atoms. The van der Waals surface area contributed by atoms with Gasteiger partial charge in [-0.3, -0.25) is 14.5 Å². The van der Waals surface area contributed by atoms with Gasteiger partial charge in [-0.05, 0) is 25.0 Å². The van der Waals surface area contributed by atoms with Crippen molar-refractivity contribution in [2.75, 3.05) is 0 Å². The third-order valence-electron chi connectivity index (χ3n) is 3.35. The van der Waals surface area contributed by atoms with Crippen molar-refractivity contribution in [3.05, 3.63) is 23.7 Å². The minimum Gasteiger partial charge on any atom is -0.463 e. The molecular formula is C15H22N2O3. The maximum absolute atomic E-state index is 11.9. The van der Waals surface area contributed by atoms with Gasteiger partial charge in [-0.25, -0.2) is 0 Å². The van der Waals surface area contributed by atoms with Gasteiger partial charge in [0.15, 0.2) is 0 Å².